The maximum absolute atomic E-state index is 5.89. The Hall–Kier alpha value is -2.11. The van der Waals surface area contributed by atoms with Crippen molar-refractivity contribution in [3.05, 3.63) is 24.3 Å². The second kappa shape index (κ2) is 7.61. The van der Waals surface area contributed by atoms with Crippen LogP contribution in [-0.4, -0.2) is 26.3 Å². The smallest absolute Gasteiger partial charge is 0.227 e. The number of anilines is 1. The van der Waals surface area contributed by atoms with Crippen molar-refractivity contribution in [1.29, 1.82) is 0 Å². The third-order valence-electron chi connectivity index (χ3n) is 3.10. The van der Waals surface area contributed by atoms with Gasteiger partial charge in [0.1, 0.15) is 12.1 Å². The monoisotopic (exact) mass is 289 g/mol. The lowest BCUT2D eigenvalue weighted by Gasteiger charge is -2.13. The van der Waals surface area contributed by atoms with E-state index in [-0.39, 0.29) is 0 Å². The summed E-state index contributed by atoms with van der Waals surface area (Å²) in [6.45, 7) is 8.01. The lowest BCUT2D eigenvalue weighted by molar-refractivity contribution is 0.453. The number of hydrogen-bond donors (Lipinski definition) is 1. The highest BCUT2D eigenvalue weighted by atomic mass is 16.5. The molecule has 114 valence electrons. The lowest BCUT2D eigenvalue weighted by atomic mass is 10.1. The van der Waals surface area contributed by atoms with Gasteiger partial charge >= 0.3 is 0 Å². The van der Waals surface area contributed by atoms with Crippen molar-refractivity contribution in [2.24, 2.45) is 0 Å². The van der Waals surface area contributed by atoms with Gasteiger partial charge in [-0.3, -0.25) is 4.68 Å². The van der Waals surface area contributed by atoms with E-state index in [1.165, 1.54) is 6.33 Å². The topological polar surface area (TPSA) is 64.9 Å². The zero-order valence-corrected chi connectivity index (χ0v) is 13.0. The van der Waals surface area contributed by atoms with Gasteiger partial charge in [0, 0.05) is 13.1 Å². The van der Waals surface area contributed by atoms with Crippen LogP contribution in [0.3, 0.4) is 0 Å². The Labute approximate surface area is 125 Å². The standard InChI is InChI=1S/C15H23N5O/c1-4-7-13-14(16-8-5-2)17-11-18-15(13)21-12-9-19-20(6-3)10-12/h9-11H,4-8H2,1-3H3,(H,16,17,18). The van der Waals surface area contributed by atoms with Crippen molar-refractivity contribution in [3.63, 3.8) is 0 Å². The summed E-state index contributed by atoms with van der Waals surface area (Å²) < 4.78 is 7.72. The molecule has 0 bridgehead atoms. The summed E-state index contributed by atoms with van der Waals surface area (Å²) in [6, 6.07) is 0. The van der Waals surface area contributed by atoms with Crippen LogP contribution >= 0.6 is 0 Å². The predicted molar refractivity (Wildman–Crippen MR) is 82.8 cm³/mol. The van der Waals surface area contributed by atoms with Gasteiger partial charge in [-0.15, -0.1) is 0 Å². The maximum atomic E-state index is 5.89. The van der Waals surface area contributed by atoms with Gasteiger partial charge in [0.25, 0.3) is 0 Å². The third kappa shape index (κ3) is 3.93. The van der Waals surface area contributed by atoms with E-state index < -0.39 is 0 Å². The molecule has 0 saturated heterocycles. The molecule has 2 rings (SSSR count). The van der Waals surface area contributed by atoms with Crippen LogP contribution in [0.2, 0.25) is 0 Å². The molecule has 6 nitrogen and oxygen atoms in total. The van der Waals surface area contributed by atoms with Gasteiger partial charge in [0.15, 0.2) is 5.75 Å². The lowest BCUT2D eigenvalue weighted by Crippen LogP contribution is -2.07. The summed E-state index contributed by atoms with van der Waals surface area (Å²) in [6.07, 6.45) is 8.06. The maximum Gasteiger partial charge on any atom is 0.227 e. The van der Waals surface area contributed by atoms with E-state index in [1.807, 2.05) is 17.8 Å². The van der Waals surface area contributed by atoms with E-state index in [0.717, 1.165) is 43.7 Å². The molecule has 0 radical (unpaired) electrons. The van der Waals surface area contributed by atoms with Crippen LogP contribution in [0.25, 0.3) is 0 Å². The normalized spacial score (nSPS) is 10.6. The van der Waals surface area contributed by atoms with Crippen molar-refractivity contribution in [1.82, 2.24) is 19.7 Å². The van der Waals surface area contributed by atoms with Crippen LogP contribution in [0.1, 0.15) is 39.2 Å². The molecule has 0 atom stereocenters. The van der Waals surface area contributed by atoms with E-state index in [1.54, 1.807) is 6.20 Å². The summed E-state index contributed by atoms with van der Waals surface area (Å²) in [7, 11) is 0. The molecule has 0 aliphatic carbocycles. The Kier molecular flexibility index (Phi) is 5.54. The average molecular weight is 289 g/mol. The molecule has 2 aromatic rings. The quantitative estimate of drug-likeness (QED) is 0.808. The highest BCUT2D eigenvalue weighted by Gasteiger charge is 2.13. The first-order valence-corrected chi connectivity index (χ1v) is 7.56. The third-order valence-corrected chi connectivity index (χ3v) is 3.10. The first kappa shape index (κ1) is 15.3. The van der Waals surface area contributed by atoms with Gasteiger partial charge in [0.2, 0.25) is 5.88 Å². The van der Waals surface area contributed by atoms with E-state index >= 15 is 0 Å². The minimum Gasteiger partial charge on any atom is -0.435 e. The van der Waals surface area contributed by atoms with Crippen molar-refractivity contribution in [2.75, 3.05) is 11.9 Å². The molecule has 0 spiro atoms. The average Bonchev–Trinajstić information content (AvgIpc) is 2.95. The summed E-state index contributed by atoms with van der Waals surface area (Å²) in [5.74, 6) is 2.18. The predicted octanol–water partition coefficient (Wildman–Crippen LogP) is 3.26. The number of nitrogens with one attached hydrogen (secondary N) is 1. The van der Waals surface area contributed by atoms with E-state index in [2.05, 4.69) is 34.2 Å². The second-order valence-electron chi connectivity index (χ2n) is 4.82. The number of aromatic nitrogens is 4. The summed E-state index contributed by atoms with van der Waals surface area (Å²) in [4.78, 5) is 8.62. The first-order chi connectivity index (χ1) is 10.3. The van der Waals surface area contributed by atoms with Gasteiger partial charge in [-0.25, -0.2) is 9.97 Å². The summed E-state index contributed by atoms with van der Waals surface area (Å²) in [5.41, 5.74) is 1.03. The van der Waals surface area contributed by atoms with Gasteiger partial charge in [-0.2, -0.15) is 5.10 Å². The molecule has 21 heavy (non-hydrogen) atoms. The van der Waals surface area contributed by atoms with Crippen LogP contribution in [0, 0.1) is 0 Å². The van der Waals surface area contributed by atoms with E-state index in [4.69, 9.17) is 4.74 Å². The summed E-state index contributed by atoms with van der Waals surface area (Å²) >= 11 is 0. The molecule has 0 amide bonds. The van der Waals surface area contributed by atoms with Crippen molar-refractivity contribution in [3.8, 4) is 11.6 Å². The van der Waals surface area contributed by atoms with Crippen molar-refractivity contribution >= 4 is 5.82 Å². The van der Waals surface area contributed by atoms with Crippen molar-refractivity contribution in [2.45, 2.75) is 46.6 Å². The Bertz CT molecular complexity index is 567. The number of rotatable bonds is 8. The Balaban J connectivity index is 2.24. The first-order valence-electron chi connectivity index (χ1n) is 7.56. The van der Waals surface area contributed by atoms with Gasteiger partial charge in [0.05, 0.1) is 18.0 Å². The molecular formula is C15H23N5O. The molecule has 0 unspecified atom stereocenters. The van der Waals surface area contributed by atoms with Crippen LogP contribution in [0.15, 0.2) is 18.7 Å². The van der Waals surface area contributed by atoms with E-state index in [9.17, 15) is 0 Å². The number of aryl methyl sites for hydroxylation is 1. The molecule has 0 saturated carbocycles. The Morgan fingerprint density at radius 3 is 2.71 bits per heavy atom. The molecule has 2 aromatic heterocycles. The molecule has 0 aliphatic heterocycles. The molecule has 1 N–H and O–H groups in total. The molecule has 2 heterocycles. The largest absolute Gasteiger partial charge is 0.435 e. The molecule has 0 aromatic carbocycles. The minimum atomic E-state index is 0.612. The number of hydrogen-bond acceptors (Lipinski definition) is 5. The minimum absolute atomic E-state index is 0.612. The highest BCUT2D eigenvalue weighted by molar-refractivity contribution is 5.49. The fourth-order valence-electron chi connectivity index (χ4n) is 2.04. The molecular weight excluding hydrogens is 266 g/mol. The van der Waals surface area contributed by atoms with Gasteiger partial charge in [-0.1, -0.05) is 20.3 Å². The zero-order chi connectivity index (χ0) is 15.1. The summed E-state index contributed by atoms with van der Waals surface area (Å²) in [5, 5.41) is 7.55. The van der Waals surface area contributed by atoms with E-state index in [0.29, 0.717) is 11.6 Å². The number of nitrogens with zero attached hydrogens (tertiary/aromatic N) is 4. The van der Waals surface area contributed by atoms with Crippen molar-refractivity contribution < 1.29 is 4.74 Å². The molecule has 0 aliphatic rings. The fourth-order valence-corrected chi connectivity index (χ4v) is 2.04. The zero-order valence-electron chi connectivity index (χ0n) is 13.0. The molecule has 6 heteroatoms. The Morgan fingerprint density at radius 1 is 1.19 bits per heavy atom. The van der Waals surface area contributed by atoms with Crippen LogP contribution in [-0.2, 0) is 13.0 Å². The highest BCUT2D eigenvalue weighted by Crippen LogP contribution is 2.27. The van der Waals surface area contributed by atoms with Gasteiger partial charge in [-0.05, 0) is 19.8 Å². The van der Waals surface area contributed by atoms with Gasteiger partial charge < -0.3 is 10.1 Å². The van der Waals surface area contributed by atoms with Crippen LogP contribution in [0.5, 0.6) is 11.6 Å². The SMILES string of the molecule is CCCNc1ncnc(Oc2cnn(CC)c2)c1CCC. The fraction of sp³-hybridized carbons (Fsp3) is 0.533. The number of ether oxygens (including phenoxy) is 1. The van der Waals surface area contributed by atoms with Crippen LogP contribution in [0.4, 0.5) is 5.82 Å². The molecule has 0 fully saturated rings. The Morgan fingerprint density at radius 2 is 2.05 bits per heavy atom. The second-order valence-corrected chi connectivity index (χ2v) is 4.82. The van der Waals surface area contributed by atoms with Crippen LogP contribution < -0.4 is 10.1 Å².